The highest BCUT2D eigenvalue weighted by atomic mass is 16.5. The highest BCUT2D eigenvalue weighted by Gasteiger charge is 2.44. The average Bonchev–Trinajstić information content (AvgIpc) is 2.49. The maximum atomic E-state index is 5.68. The fourth-order valence-corrected chi connectivity index (χ4v) is 4.22. The van der Waals surface area contributed by atoms with E-state index in [2.05, 4.69) is 35.6 Å². The standard InChI is InChI=1S/C17H25NO/c1-19-15-8-5-9-17(12-15)10-11-18-13-16(17)14-6-3-2-4-7-14/h2-4,6-7,15-16,18H,5,8-13H2,1H3. The molecule has 3 unspecified atom stereocenters. The van der Waals surface area contributed by atoms with Gasteiger partial charge in [-0.3, -0.25) is 0 Å². The predicted octanol–water partition coefficient (Wildman–Crippen LogP) is 3.34. The summed E-state index contributed by atoms with van der Waals surface area (Å²) in [6.07, 6.45) is 6.94. The van der Waals surface area contributed by atoms with Crippen molar-refractivity contribution in [3.63, 3.8) is 0 Å². The summed E-state index contributed by atoms with van der Waals surface area (Å²) in [6, 6.07) is 11.1. The van der Waals surface area contributed by atoms with Crippen molar-refractivity contribution in [1.82, 2.24) is 5.32 Å². The van der Waals surface area contributed by atoms with Gasteiger partial charge in [-0.1, -0.05) is 36.8 Å². The Morgan fingerprint density at radius 1 is 1.21 bits per heavy atom. The van der Waals surface area contributed by atoms with Crippen LogP contribution in [0, 0.1) is 5.41 Å². The van der Waals surface area contributed by atoms with E-state index >= 15 is 0 Å². The molecule has 2 heteroatoms. The smallest absolute Gasteiger partial charge is 0.0576 e. The van der Waals surface area contributed by atoms with E-state index < -0.39 is 0 Å². The van der Waals surface area contributed by atoms with E-state index in [-0.39, 0.29) is 0 Å². The summed E-state index contributed by atoms with van der Waals surface area (Å²) in [5, 5.41) is 3.60. The number of benzene rings is 1. The minimum Gasteiger partial charge on any atom is -0.381 e. The third-order valence-corrected chi connectivity index (χ3v) is 5.26. The van der Waals surface area contributed by atoms with Crippen LogP contribution in [0.3, 0.4) is 0 Å². The molecular weight excluding hydrogens is 234 g/mol. The molecule has 3 atom stereocenters. The van der Waals surface area contributed by atoms with Crippen molar-refractivity contribution in [3.8, 4) is 0 Å². The molecule has 19 heavy (non-hydrogen) atoms. The van der Waals surface area contributed by atoms with Crippen molar-refractivity contribution >= 4 is 0 Å². The zero-order valence-corrected chi connectivity index (χ0v) is 11.9. The molecule has 1 heterocycles. The van der Waals surface area contributed by atoms with Crippen LogP contribution in [-0.2, 0) is 4.74 Å². The first kappa shape index (κ1) is 13.1. The molecule has 0 radical (unpaired) electrons. The Morgan fingerprint density at radius 3 is 2.84 bits per heavy atom. The van der Waals surface area contributed by atoms with Gasteiger partial charge >= 0.3 is 0 Å². The lowest BCUT2D eigenvalue weighted by Crippen LogP contribution is -2.47. The van der Waals surface area contributed by atoms with Crippen molar-refractivity contribution in [2.75, 3.05) is 20.2 Å². The van der Waals surface area contributed by atoms with Gasteiger partial charge in [0.05, 0.1) is 6.10 Å². The number of hydrogen-bond donors (Lipinski definition) is 1. The highest BCUT2D eigenvalue weighted by molar-refractivity contribution is 5.24. The Labute approximate surface area is 116 Å². The van der Waals surface area contributed by atoms with Crippen LogP contribution in [0.4, 0.5) is 0 Å². The summed E-state index contributed by atoms with van der Waals surface area (Å²) in [7, 11) is 1.88. The second-order valence-corrected chi connectivity index (χ2v) is 6.23. The summed E-state index contributed by atoms with van der Waals surface area (Å²) < 4.78 is 5.68. The SMILES string of the molecule is COC1CCCC2(CCNCC2c2ccccc2)C1. The maximum absolute atomic E-state index is 5.68. The van der Waals surface area contributed by atoms with Crippen molar-refractivity contribution in [1.29, 1.82) is 0 Å². The summed E-state index contributed by atoms with van der Waals surface area (Å²) >= 11 is 0. The van der Waals surface area contributed by atoms with Crippen LogP contribution < -0.4 is 5.32 Å². The topological polar surface area (TPSA) is 21.3 Å². The quantitative estimate of drug-likeness (QED) is 0.879. The average molecular weight is 259 g/mol. The lowest BCUT2D eigenvalue weighted by Gasteiger charge is -2.49. The zero-order chi connectivity index (χ0) is 13.1. The molecule has 0 aromatic heterocycles. The largest absolute Gasteiger partial charge is 0.381 e. The van der Waals surface area contributed by atoms with Crippen LogP contribution in [0.15, 0.2) is 30.3 Å². The third-order valence-electron chi connectivity index (χ3n) is 5.26. The molecule has 104 valence electrons. The molecule has 0 bridgehead atoms. The Kier molecular flexibility index (Phi) is 3.90. The van der Waals surface area contributed by atoms with Crippen LogP contribution >= 0.6 is 0 Å². The number of rotatable bonds is 2. The molecule has 2 fully saturated rings. The van der Waals surface area contributed by atoms with Gasteiger partial charge in [-0.05, 0) is 43.2 Å². The molecule has 1 aliphatic carbocycles. The highest BCUT2D eigenvalue weighted by Crippen LogP contribution is 2.51. The van der Waals surface area contributed by atoms with Gasteiger partial charge in [0, 0.05) is 19.6 Å². The van der Waals surface area contributed by atoms with Crippen LogP contribution in [0.25, 0.3) is 0 Å². The van der Waals surface area contributed by atoms with Crippen LogP contribution in [0.5, 0.6) is 0 Å². The van der Waals surface area contributed by atoms with Crippen LogP contribution in [0.2, 0.25) is 0 Å². The van der Waals surface area contributed by atoms with Gasteiger partial charge in [-0.15, -0.1) is 0 Å². The van der Waals surface area contributed by atoms with Gasteiger partial charge < -0.3 is 10.1 Å². The first-order valence-electron chi connectivity index (χ1n) is 7.62. The van der Waals surface area contributed by atoms with E-state index in [4.69, 9.17) is 4.74 Å². The number of hydrogen-bond acceptors (Lipinski definition) is 2. The Morgan fingerprint density at radius 2 is 2.05 bits per heavy atom. The predicted molar refractivity (Wildman–Crippen MR) is 78.4 cm³/mol. The molecule has 3 rings (SSSR count). The first-order valence-corrected chi connectivity index (χ1v) is 7.62. The van der Waals surface area contributed by atoms with E-state index in [0.717, 1.165) is 6.54 Å². The molecule has 0 amide bonds. The number of ether oxygens (including phenoxy) is 1. The fourth-order valence-electron chi connectivity index (χ4n) is 4.22. The van der Waals surface area contributed by atoms with E-state index in [0.29, 0.717) is 17.4 Å². The van der Waals surface area contributed by atoms with Gasteiger partial charge in [0.15, 0.2) is 0 Å². The molecule has 1 saturated carbocycles. The molecule has 1 spiro atoms. The van der Waals surface area contributed by atoms with E-state index in [1.807, 2.05) is 7.11 Å². The van der Waals surface area contributed by atoms with Crippen molar-refractivity contribution < 1.29 is 4.74 Å². The second kappa shape index (κ2) is 5.64. The molecule has 2 nitrogen and oxygen atoms in total. The van der Waals surface area contributed by atoms with Crippen molar-refractivity contribution in [2.45, 2.75) is 44.1 Å². The molecule has 1 aromatic carbocycles. The molecule has 1 saturated heterocycles. The first-order chi connectivity index (χ1) is 9.34. The number of nitrogens with one attached hydrogen (secondary N) is 1. The van der Waals surface area contributed by atoms with Gasteiger partial charge in [-0.25, -0.2) is 0 Å². The summed E-state index contributed by atoms with van der Waals surface area (Å²) in [6.45, 7) is 2.29. The normalized spacial score (nSPS) is 35.4. The summed E-state index contributed by atoms with van der Waals surface area (Å²) in [5.74, 6) is 0.653. The van der Waals surface area contributed by atoms with E-state index in [1.165, 1.54) is 44.2 Å². The lowest BCUT2D eigenvalue weighted by molar-refractivity contribution is -0.0122. The molecule has 1 aromatic rings. The Balaban J connectivity index is 1.88. The lowest BCUT2D eigenvalue weighted by atomic mass is 9.60. The third kappa shape index (κ3) is 2.56. The Bertz CT molecular complexity index is 401. The van der Waals surface area contributed by atoms with Gasteiger partial charge in [-0.2, -0.15) is 0 Å². The van der Waals surface area contributed by atoms with Gasteiger partial charge in [0.25, 0.3) is 0 Å². The van der Waals surface area contributed by atoms with Crippen molar-refractivity contribution in [2.24, 2.45) is 5.41 Å². The Hall–Kier alpha value is -0.860. The van der Waals surface area contributed by atoms with Gasteiger partial charge in [0.2, 0.25) is 0 Å². The monoisotopic (exact) mass is 259 g/mol. The molecular formula is C17H25NO. The molecule has 2 aliphatic rings. The maximum Gasteiger partial charge on any atom is 0.0576 e. The van der Waals surface area contributed by atoms with Crippen LogP contribution in [0.1, 0.15) is 43.6 Å². The van der Waals surface area contributed by atoms with Crippen LogP contribution in [-0.4, -0.2) is 26.3 Å². The fraction of sp³-hybridized carbons (Fsp3) is 0.647. The minimum absolute atomic E-state index is 0.464. The number of methoxy groups -OCH3 is 1. The van der Waals surface area contributed by atoms with E-state index in [1.54, 1.807) is 0 Å². The minimum atomic E-state index is 0.464. The van der Waals surface area contributed by atoms with Gasteiger partial charge in [0.1, 0.15) is 0 Å². The zero-order valence-electron chi connectivity index (χ0n) is 11.9. The van der Waals surface area contributed by atoms with Crippen molar-refractivity contribution in [3.05, 3.63) is 35.9 Å². The summed E-state index contributed by atoms with van der Waals surface area (Å²) in [5.41, 5.74) is 1.97. The summed E-state index contributed by atoms with van der Waals surface area (Å²) in [4.78, 5) is 0. The molecule has 1 N–H and O–H groups in total. The number of piperidine rings is 1. The molecule has 1 aliphatic heterocycles. The second-order valence-electron chi connectivity index (χ2n) is 6.23. The van der Waals surface area contributed by atoms with E-state index in [9.17, 15) is 0 Å².